The summed E-state index contributed by atoms with van der Waals surface area (Å²) in [4.78, 5) is 11.8. The lowest BCUT2D eigenvalue weighted by Gasteiger charge is -2.31. The van der Waals surface area contributed by atoms with Gasteiger partial charge in [-0.05, 0) is 18.4 Å². The normalized spacial score (nSPS) is 19.0. The second kappa shape index (κ2) is 7.21. The fourth-order valence-electron chi connectivity index (χ4n) is 2.77. The van der Waals surface area contributed by atoms with E-state index in [1.807, 2.05) is 0 Å². The second-order valence-electron chi connectivity index (χ2n) is 5.89. The van der Waals surface area contributed by atoms with Crippen molar-refractivity contribution >= 4 is 6.03 Å². The highest BCUT2D eigenvalue weighted by Crippen LogP contribution is 2.38. The van der Waals surface area contributed by atoms with Gasteiger partial charge >= 0.3 is 12.2 Å². The zero-order valence-electron chi connectivity index (χ0n) is 12.7. The Labute approximate surface area is 133 Å². The Kier molecular flexibility index (Phi) is 5.51. The van der Waals surface area contributed by atoms with Crippen molar-refractivity contribution in [3.05, 3.63) is 35.9 Å². The average molecular weight is 330 g/mol. The van der Waals surface area contributed by atoms with Crippen LogP contribution in [0.2, 0.25) is 0 Å². The van der Waals surface area contributed by atoms with Gasteiger partial charge in [0.2, 0.25) is 5.60 Å². The average Bonchev–Trinajstić information content (AvgIpc) is 2.53. The van der Waals surface area contributed by atoms with E-state index < -0.39 is 24.4 Å². The number of carbonyl (C=O) groups excluding carboxylic acids is 1. The van der Waals surface area contributed by atoms with E-state index in [1.165, 1.54) is 24.3 Å². The number of alkyl halides is 3. The number of halogens is 3. The van der Waals surface area contributed by atoms with E-state index in [9.17, 15) is 23.1 Å². The van der Waals surface area contributed by atoms with E-state index in [1.54, 1.807) is 6.07 Å². The number of nitrogens with one attached hydrogen (secondary N) is 2. The van der Waals surface area contributed by atoms with Gasteiger partial charge in [0.05, 0.1) is 6.54 Å². The van der Waals surface area contributed by atoms with E-state index in [0.717, 1.165) is 32.1 Å². The first-order chi connectivity index (χ1) is 10.8. The van der Waals surface area contributed by atoms with Gasteiger partial charge in [-0.25, -0.2) is 4.79 Å². The van der Waals surface area contributed by atoms with Crippen LogP contribution in [0.3, 0.4) is 0 Å². The lowest BCUT2D eigenvalue weighted by molar-refractivity contribution is -0.263. The quantitative estimate of drug-likeness (QED) is 0.794. The fraction of sp³-hybridized carbons (Fsp3) is 0.562. The van der Waals surface area contributed by atoms with Crippen molar-refractivity contribution in [3.8, 4) is 0 Å². The summed E-state index contributed by atoms with van der Waals surface area (Å²) in [7, 11) is 0. The van der Waals surface area contributed by atoms with Crippen LogP contribution in [-0.2, 0) is 5.60 Å². The van der Waals surface area contributed by atoms with Crippen LogP contribution >= 0.6 is 0 Å². The standard InChI is InChI=1S/C16H21F3N2O2/c17-16(18,19)15(23,12-7-3-1-4-8-12)11-20-14(22)21-13-9-5-2-6-10-13/h1,3-4,7-8,13,23H,2,5-6,9-11H2,(H2,20,21,22)/t15-/m0/s1. The Morgan fingerprint density at radius 1 is 1.13 bits per heavy atom. The first kappa shape index (κ1) is 17.6. The molecule has 128 valence electrons. The van der Waals surface area contributed by atoms with Crippen molar-refractivity contribution in [2.75, 3.05) is 6.54 Å². The Morgan fingerprint density at radius 2 is 1.74 bits per heavy atom. The topological polar surface area (TPSA) is 61.4 Å². The lowest BCUT2D eigenvalue weighted by Crippen LogP contribution is -2.53. The Balaban J connectivity index is 2.00. The molecule has 0 aromatic heterocycles. The molecule has 0 saturated heterocycles. The largest absolute Gasteiger partial charge is 0.423 e. The highest BCUT2D eigenvalue weighted by Gasteiger charge is 2.55. The van der Waals surface area contributed by atoms with Crippen LogP contribution in [0.15, 0.2) is 30.3 Å². The van der Waals surface area contributed by atoms with Gasteiger partial charge in [-0.2, -0.15) is 13.2 Å². The molecule has 0 aliphatic heterocycles. The Hall–Kier alpha value is -1.76. The molecule has 0 heterocycles. The Bertz CT molecular complexity index is 516. The molecule has 2 amide bonds. The number of urea groups is 1. The van der Waals surface area contributed by atoms with E-state index in [2.05, 4.69) is 10.6 Å². The molecule has 0 bridgehead atoms. The van der Waals surface area contributed by atoms with Crippen LogP contribution in [-0.4, -0.2) is 29.9 Å². The first-order valence-corrected chi connectivity index (χ1v) is 7.72. The van der Waals surface area contributed by atoms with Crippen LogP contribution in [0, 0.1) is 0 Å². The number of hydrogen-bond donors (Lipinski definition) is 3. The van der Waals surface area contributed by atoms with E-state index in [4.69, 9.17) is 0 Å². The maximum atomic E-state index is 13.3. The van der Waals surface area contributed by atoms with E-state index in [-0.39, 0.29) is 11.6 Å². The molecule has 0 spiro atoms. The molecule has 1 saturated carbocycles. The molecule has 1 fully saturated rings. The molecule has 1 atom stereocenters. The van der Waals surface area contributed by atoms with Crippen molar-refractivity contribution in [3.63, 3.8) is 0 Å². The summed E-state index contributed by atoms with van der Waals surface area (Å²) < 4.78 is 39.8. The monoisotopic (exact) mass is 330 g/mol. The van der Waals surface area contributed by atoms with Gasteiger partial charge in [-0.1, -0.05) is 49.6 Å². The van der Waals surface area contributed by atoms with Crippen molar-refractivity contribution < 1.29 is 23.1 Å². The molecule has 23 heavy (non-hydrogen) atoms. The van der Waals surface area contributed by atoms with Crippen molar-refractivity contribution in [2.45, 2.75) is 49.9 Å². The van der Waals surface area contributed by atoms with Crippen molar-refractivity contribution in [1.82, 2.24) is 10.6 Å². The summed E-state index contributed by atoms with van der Waals surface area (Å²) in [5.74, 6) is 0. The van der Waals surface area contributed by atoms with E-state index >= 15 is 0 Å². The highest BCUT2D eigenvalue weighted by atomic mass is 19.4. The minimum Gasteiger partial charge on any atom is -0.375 e. The SMILES string of the molecule is O=C(NC[C@](O)(c1ccccc1)C(F)(F)F)NC1CCCCC1. The van der Waals surface area contributed by atoms with Crippen LogP contribution < -0.4 is 10.6 Å². The summed E-state index contributed by atoms with van der Waals surface area (Å²) in [6.45, 7) is -0.931. The van der Waals surface area contributed by atoms with Gasteiger partial charge in [0.1, 0.15) is 0 Å². The van der Waals surface area contributed by atoms with Gasteiger partial charge in [0.25, 0.3) is 0 Å². The molecular weight excluding hydrogens is 309 g/mol. The minimum atomic E-state index is -4.90. The number of aliphatic hydroxyl groups is 1. The summed E-state index contributed by atoms with van der Waals surface area (Å²) in [6, 6.07) is 6.06. The maximum absolute atomic E-state index is 13.3. The maximum Gasteiger partial charge on any atom is 0.423 e. The van der Waals surface area contributed by atoms with E-state index in [0.29, 0.717) is 0 Å². The molecule has 1 aromatic carbocycles. The molecule has 1 aliphatic rings. The third-order valence-corrected chi connectivity index (χ3v) is 4.17. The summed E-state index contributed by atoms with van der Waals surface area (Å²) in [5.41, 5.74) is -3.41. The highest BCUT2D eigenvalue weighted by molar-refractivity contribution is 5.74. The van der Waals surface area contributed by atoms with Gasteiger partial charge in [0, 0.05) is 6.04 Å². The molecule has 7 heteroatoms. The predicted molar refractivity (Wildman–Crippen MR) is 79.8 cm³/mol. The number of hydrogen-bond acceptors (Lipinski definition) is 2. The third-order valence-electron chi connectivity index (χ3n) is 4.17. The third kappa shape index (κ3) is 4.37. The molecule has 4 nitrogen and oxygen atoms in total. The van der Waals surface area contributed by atoms with Crippen LogP contribution in [0.4, 0.5) is 18.0 Å². The number of benzene rings is 1. The molecule has 1 aliphatic carbocycles. The Morgan fingerprint density at radius 3 is 2.30 bits per heavy atom. The van der Waals surface area contributed by atoms with Gasteiger partial charge in [-0.15, -0.1) is 0 Å². The zero-order chi connectivity index (χ0) is 16.9. The van der Waals surface area contributed by atoms with Gasteiger partial charge in [-0.3, -0.25) is 0 Å². The minimum absolute atomic E-state index is 0.0144. The number of carbonyl (C=O) groups is 1. The molecule has 0 unspecified atom stereocenters. The number of rotatable bonds is 4. The molecule has 0 radical (unpaired) electrons. The summed E-state index contributed by atoms with van der Waals surface area (Å²) in [5, 5.41) is 14.9. The zero-order valence-corrected chi connectivity index (χ0v) is 12.7. The van der Waals surface area contributed by atoms with Crippen molar-refractivity contribution in [2.24, 2.45) is 0 Å². The van der Waals surface area contributed by atoms with Gasteiger partial charge in [0.15, 0.2) is 0 Å². The predicted octanol–water partition coefficient (Wildman–Crippen LogP) is 3.07. The van der Waals surface area contributed by atoms with Crippen molar-refractivity contribution in [1.29, 1.82) is 0 Å². The molecule has 3 N–H and O–H groups in total. The van der Waals surface area contributed by atoms with Gasteiger partial charge < -0.3 is 15.7 Å². The smallest absolute Gasteiger partial charge is 0.375 e. The second-order valence-corrected chi connectivity index (χ2v) is 5.89. The van der Waals surface area contributed by atoms with Crippen LogP contribution in [0.25, 0.3) is 0 Å². The molecular formula is C16H21F3N2O2. The fourth-order valence-corrected chi connectivity index (χ4v) is 2.77. The summed E-state index contributed by atoms with van der Waals surface area (Å²) in [6.07, 6.45) is -0.123. The first-order valence-electron chi connectivity index (χ1n) is 7.72. The van der Waals surface area contributed by atoms with Crippen LogP contribution in [0.5, 0.6) is 0 Å². The number of amides is 2. The molecule has 1 aromatic rings. The lowest BCUT2D eigenvalue weighted by atomic mass is 9.93. The summed E-state index contributed by atoms with van der Waals surface area (Å²) >= 11 is 0. The molecule has 2 rings (SSSR count). The van der Waals surface area contributed by atoms with Crippen LogP contribution in [0.1, 0.15) is 37.7 Å².